The summed E-state index contributed by atoms with van der Waals surface area (Å²) in [6.07, 6.45) is 1.03. The van der Waals surface area contributed by atoms with Crippen molar-refractivity contribution >= 4 is 44.7 Å². The number of anilines is 2. The van der Waals surface area contributed by atoms with E-state index >= 15 is 0 Å². The van der Waals surface area contributed by atoms with Gasteiger partial charge < -0.3 is 5.32 Å². The standard InChI is InChI=1S/C18H19ClN2O4S/c1-12-16(19)5-4-6-17(12)21(26(3,24)25)11-18(23)20-15-9-7-14(8-10-15)13(2)22/h4-10H,11H2,1-3H3,(H,20,23). The Hall–Kier alpha value is -2.38. The number of hydrogen-bond acceptors (Lipinski definition) is 4. The zero-order valence-electron chi connectivity index (χ0n) is 14.6. The third kappa shape index (κ3) is 4.83. The molecule has 1 N–H and O–H groups in total. The van der Waals surface area contributed by atoms with Crippen LogP contribution in [0.25, 0.3) is 0 Å². The molecule has 0 spiro atoms. The van der Waals surface area contributed by atoms with Crippen LogP contribution in [0.3, 0.4) is 0 Å². The summed E-state index contributed by atoms with van der Waals surface area (Å²) < 4.78 is 25.3. The molecule has 0 atom stereocenters. The molecule has 26 heavy (non-hydrogen) atoms. The molecule has 0 aliphatic carbocycles. The number of carbonyl (C=O) groups excluding carboxylic acids is 2. The van der Waals surface area contributed by atoms with Gasteiger partial charge in [0.25, 0.3) is 0 Å². The topological polar surface area (TPSA) is 83.6 Å². The number of amides is 1. The van der Waals surface area contributed by atoms with Gasteiger partial charge in [-0.2, -0.15) is 0 Å². The summed E-state index contributed by atoms with van der Waals surface area (Å²) in [7, 11) is -3.69. The molecular formula is C18H19ClN2O4S. The smallest absolute Gasteiger partial charge is 0.245 e. The van der Waals surface area contributed by atoms with Gasteiger partial charge in [0.1, 0.15) is 6.54 Å². The Labute approximate surface area is 157 Å². The van der Waals surface area contributed by atoms with Crippen LogP contribution >= 0.6 is 11.6 Å². The molecule has 0 saturated carbocycles. The van der Waals surface area contributed by atoms with E-state index in [4.69, 9.17) is 11.6 Å². The Morgan fingerprint density at radius 3 is 2.27 bits per heavy atom. The van der Waals surface area contributed by atoms with E-state index in [1.807, 2.05) is 0 Å². The Morgan fingerprint density at radius 1 is 1.12 bits per heavy atom. The molecule has 0 saturated heterocycles. The molecule has 0 fully saturated rings. The van der Waals surface area contributed by atoms with Crippen LogP contribution < -0.4 is 9.62 Å². The molecule has 138 valence electrons. The number of sulfonamides is 1. The van der Waals surface area contributed by atoms with Crippen LogP contribution in [0.1, 0.15) is 22.8 Å². The number of ketones is 1. The van der Waals surface area contributed by atoms with Crippen molar-refractivity contribution in [3.05, 3.63) is 58.6 Å². The summed E-state index contributed by atoms with van der Waals surface area (Å²) >= 11 is 6.07. The van der Waals surface area contributed by atoms with Crippen LogP contribution in [0.5, 0.6) is 0 Å². The Bertz CT molecular complexity index is 940. The molecule has 0 unspecified atom stereocenters. The van der Waals surface area contributed by atoms with Gasteiger partial charge in [0.05, 0.1) is 11.9 Å². The summed E-state index contributed by atoms with van der Waals surface area (Å²) in [6, 6.07) is 11.2. The number of rotatable bonds is 6. The lowest BCUT2D eigenvalue weighted by Gasteiger charge is -2.24. The first-order valence-corrected chi connectivity index (χ1v) is 9.96. The summed E-state index contributed by atoms with van der Waals surface area (Å²) in [5, 5.41) is 3.04. The van der Waals surface area contributed by atoms with Crippen molar-refractivity contribution in [1.82, 2.24) is 0 Å². The van der Waals surface area contributed by atoms with E-state index in [0.29, 0.717) is 27.5 Å². The van der Waals surface area contributed by atoms with E-state index in [0.717, 1.165) is 10.6 Å². The highest BCUT2D eigenvalue weighted by Gasteiger charge is 2.23. The van der Waals surface area contributed by atoms with Crippen LogP contribution in [0.2, 0.25) is 5.02 Å². The second-order valence-electron chi connectivity index (χ2n) is 5.84. The van der Waals surface area contributed by atoms with Gasteiger partial charge in [0, 0.05) is 16.3 Å². The maximum Gasteiger partial charge on any atom is 0.245 e. The predicted molar refractivity (Wildman–Crippen MR) is 103 cm³/mol. The van der Waals surface area contributed by atoms with Gasteiger partial charge in [-0.25, -0.2) is 8.42 Å². The number of nitrogens with one attached hydrogen (secondary N) is 1. The maximum atomic E-state index is 12.3. The first kappa shape index (κ1) is 19.9. The van der Waals surface area contributed by atoms with E-state index in [1.165, 1.54) is 6.92 Å². The van der Waals surface area contributed by atoms with Crippen LogP contribution in [0, 0.1) is 6.92 Å². The minimum atomic E-state index is -3.69. The minimum absolute atomic E-state index is 0.0810. The summed E-state index contributed by atoms with van der Waals surface area (Å²) in [4.78, 5) is 23.6. The van der Waals surface area contributed by atoms with Crippen LogP contribution in [-0.4, -0.2) is 32.9 Å². The number of benzene rings is 2. The van der Waals surface area contributed by atoms with Gasteiger partial charge in [-0.1, -0.05) is 17.7 Å². The van der Waals surface area contributed by atoms with E-state index in [9.17, 15) is 18.0 Å². The predicted octanol–water partition coefficient (Wildman–Crippen LogP) is 3.26. The molecule has 2 aromatic rings. The second-order valence-corrected chi connectivity index (χ2v) is 8.15. The lowest BCUT2D eigenvalue weighted by molar-refractivity contribution is -0.114. The van der Waals surface area contributed by atoms with Crippen molar-refractivity contribution in [3.8, 4) is 0 Å². The van der Waals surface area contributed by atoms with Gasteiger partial charge in [-0.15, -0.1) is 0 Å². The second kappa shape index (κ2) is 7.88. The average molecular weight is 395 g/mol. The number of Topliss-reactive ketones (excluding diaryl/α,β-unsaturated/α-hetero) is 1. The molecule has 0 bridgehead atoms. The van der Waals surface area contributed by atoms with Gasteiger partial charge in [0.2, 0.25) is 15.9 Å². The highest BCUT2D eigenvalue weighted by Crippen LogP contribution is 2.28. The van der Waals surface area contributed by atoms with Crippen molar-refractivity contribution in [1.29, 1.82) is 0 Å². The minimum Gasteiger partial charge on any atom is -0.325 e. The maximum absolute atomic E-state index is 12.3. The van der Waals surface area contributed by atoms with E-state index in [2.05, 4.69) is 5.32 Å². The number of nitrogens with zero attached hydrogens (tertiary/aromatic N) is 1. The first-order valence-electron chi connectivity index (χ1n) is 7.73. The third-order valence-corrected chi connectivity index (χ3v) is 5.31. The van der Waals surface area contributed by atoms with Crippen molar-refractivity contribution in [2.75, 3.05) is 22.4 Å². The van der Waals surface area contributed by atoms with Gasteiger partial charge >= 0.3 is 0 Å². The molecule has 8 heteroatoms. The first-order chi connectivity index (χ1) is 12.1. The quantitative estimate of drug-likeness (QED) is 0.762. The fourth-order valence-electron chi connectivity index (χ4n) is 2.37. The van der Waals surface area contributed by atoms with Gasteiger partial charge in [0.15, 0.2) is 5.78 Å². The van der Waals surface area contributed by atoms with Crippen molar-refractivity contribution in [2.45, 2.75) is 13.8 Å². The van der Waals surface area contributed by atoms with Crippen LogP contribution in [-0.2, 0) is 14.8 Å². The zero-order chi connectivity index (χ0) is 19.5. The molecule has 6 nitrogen and oxygen atoms in total. The molecule has 0 aliphatic rings. The van der Waals surface area contributed by atoms with Crippen molar-refractivity contribution in [3.63, 3.8) is 0 Å². The summed E-state index contributed by atoms with van der Waals surface area (Å²) in [6.45, 7) is 2.74. The molecule has 0 radical (unpaired) electrons. The summed E-state index contributed by atoms with van der Waals surface area (Å²) in [5.41, 5.74) is 1.91. The fourth-order valence-corrected chi connectivity index (χ4v) is 3.44. The molecule has 2 rings (SSSR count). The highest BCUT2D eigenvalue weighted by molar-refractivity contribution is 7.92. The molecule has 0 aliphatic heterocycles. The summed E-state index contributed by atoms with van der Waals surface area (Å²) in [5.74, 6) is -0.590. The molecule has 1 amide bonds. The Morgan fingerprint density at radius 2 is 1.73 bits per heavy atom. The SMILES string of the molecule is CC(=O)c1ccc(NC(=O)CN(c2cccc(Cl)c2C)S(C)(=O)=O)cc1. The third-order valence-electron chi connectivity index (χ3n) is 3.77. The van der Waals surface area contributed by atoms with E-state index < -0.39 is 22.5 Å². The highest BCUT2D eigenvalue weighted by atomic mass is 35.5. The van der Waals surface area contributed by atoms with Crippen molar-refractivity contribution in [2.24, 2.45) is 0 Å². The Kier molecular flexibility index (Phi) is 6.05. The molecule has 0 heterocycles. The lowest BCUT2D eigenvalue weighted by Crippen LogP contribution is -2.37. The van der Waals surface area contributed by atoms with Crippen molar-refractivity contribution < 1.29 is 18.0 Å². The van der Waals surface area contributed by atoms with Gasteiger partial charge in [-0.05, 0) is 55.8 Å². The largest absolute Gasteiger partial charge is 0.325 e. The molecular weight excluding hydrogens is 376 g/mol. The lowest BCUT2D eigenvalue weighted by atomic mass is 10.1. The number of carbonyl (C=O) groups is 2. The number of hydrogen-bond donors (Lipinski definition) is 1. The van der Waals surface area contributed by atoms with E-state index in [1.54, 1.807) is 49.4 Å². The van der Waals surface area contributed by atoms with Gasteiger partial charge in [-0.3, -0.25) is 13.9 Å². The van der Waals surface area contributed by atoms with Crippen LogP contribution in [0.15, 0.2) is 42.5 Å². The van der Waals surface area contributed by atoms with E-state index in [-0.39, 0.29) is 5.78 Å². The monoisotopic (exact) mass is 394 g/mol. The normalized spacial score (nSPS) is 11.1. The number of halogens is 1. The average Bonchev–Trinajstić information content (AvgIpc) is 2.55. The molecule has 2 aromatic carbocycles. The molecule has 0 aromatic heterocycles. The van der Waals surface area contributed by atoms with Crippen LogP contribution in [0.4, 0.5) is 11.4 Å². The fraction of sp³-hybridized carbons (Fsp3) is 0.222. The zero-order valence-corrected chi connectivity index (χ0v) is 16.2. The Balaban J connectivity index is 2.22.